The molecule has 5 nitrogen and oxygen atoms in total. The molecule has 0 saturated carbocycles. The van der Waals surface area contributed by atoms with Gasteiger partial charge in [0.2, 0.25) is 0 Å². The predicted molar refractivity (Wildman–Crippen MR) is 81.5 cm³/mol. The van der Waals surface area contributed by atoms with Crippen LogP contribution in [0.5, 0.6) is 0 Å². The molecule has 3 heterocycles. The van der Waals surface area contributed by atoms with Crippen LogP contribution >= 0.6 is 11.3 Å². The van der Waals surface area contributed by atoms with Crippen LogP contribution in [0.1, 0.15) is 33.6 Å². The molecule has 0 bridgehead atoms. The highest BCUT2D eigenvalue weighted by Crippen LogP contribution is 2.24. The third-order valence-electron chi connectivity index (χ3n) is 3.88. The summed E-state index contributed by atoms with van der Waals surface area (Å²) in [7, 11) is 0. The number of nitrogens with one attached hydrogen (secondary N) is 1. The Morgan fingerprint density at radius 2 is 2.48 bits per heavy atom. The zero-order valence-electron chi connectivity index (χ0n) is 12.3. The third-order valence-corrected chi connectivity index (χ3v) is 4.90. The molecular weight excluding hydrogens is 286 g/mol. The van der Waals surface area contributed by atoms with Crippen molar-refractivity contribution in [1.82, 2.24) is 15.4 Å². The fourth-order valence-electron chi connectivity index (χ4n) is 2.58. The van der Waals surface area contributed by atoms with E-state index in [0.29, 0.717) is 24.0 Å². The van der Waals surface area contributed by atoms with E-state index in [-0.39, 0.29) is 5.91 Å². The van der Waals surface area contributed by atoms with Gasteiger partial charge >= 0.3 is 0 Å². The van der Waals surface area contributed by atoms with E-state index in [1.807, 2.05) is 11.3 Å². The van der Waals surface area contributed by atoms with Gasteiger partial charge in [0.15, 0.2) is 5.69 Å². The number of aryl methyl sites for hydroxylation is 1. The maximum atomic E-state index is 12.0. The molecule has 1 amide bonds. The molecule has 1 atom stereocenters. The van der Waals surface area contributed by atoms with Crippen LogP contribution < -0.4 is 5.32 Å². The van der Waals surface area contributed by atoms with Gasteiger partial charge in [-0.05, 0) is 37.3 Å². The summed E-state index contributed by atoms with van der Waals surface area (Å²) in [4.78, 5) is 15.9. The molecule has 0 radical (unpaired) electrons. The van der Waals surface area contributed by atoms with E-state index in [9.17, 15) is 4.79 Å². The van der Waals surface area contributed by atoms with Crippen molar-refractivity contribution in [3.05, 3.63) is 39.4 Å². The van der Waals surface area contributed by atoms with Crippen LogP contribution in [0, 0.1) is 6.92 Å². The normalized spacial score (nSPS) is 16.5. The summed E-state index contributed by atoms with van der Waals surface area (Å²) in [6.07, 6.45) is 1.10. The Bertz CT molecular complexity index is 634. The molecule has 0 saturated heterocycles. The molecule has 2 aromatic rings. The van der Waals surface area contributed by atoms with Gasteiger partial charge in [-0.25, -0.2) is 0 Å². The molecule has 0 aromatic carbocycles. The highest BCUT2D eigenvalue weighted by atomic mass is 32.1. The Balaban J connectivity index is 1.53. The minimum absolute atomic E-state index is 0.174. The van der Waals surface area contributed by atoms with E-state index >= 15 is 0 Å². The molecule has 0 aliphatic carbocycles. The molecular formula is C15H19N3O2S. The topological polar surface area (TPSA) is 58.4 Å². The van der Waals surface area contributed by atoms with Crippen molar-refractivity contribution in [1.29, 1.82) is 0 Å². The van der Waals surface area contributed by atoms with Crippen LogP contribution in [0.2, 0.25) is 0 Å². The molecule has 112 valence electrons. The Hall–Kier alpha value is -1.66. The van der Waals surface area contributed by atoms with Gasteiger partial charge < -0.3 is 9.84 Å². The fourth-order valence-corrected chi connectivity index (χ4v) is 3.47. The Morgan fingerprint density at radius 1 is 1.62 bits per heavy atom. The number of thiophene rings is 1. The van der Waals surface area contributed by atoms with Crippen LogP contribution in [-0.2, 0) is 13.0 Å². The lowest BCUT2D eigenvalue weighted by Gasteiger charge is -2.32. The van der Waals surface area contributed by atoms with E-state index in [1.165, 1.54) is 10.4 Å². The highest BCUT2D eigenvalue weighted by Gasteiger charge is 2.22. The molecule has 6 heteroatoms. The summed E-state index contributed by atoms with van der Waals surface area (Å²) >= 11 is 1.84. The SMILES string of the molecule is Cc1cc(C(=O)NC[C@@H](C)N2CCc3sccc3C2)no1. The first kappa shape index (κ1) is 14.3. The molecule has 3 rings (SSSR count). The first-order valence-electron chi connectivity index (χ1n) is 7.14. The lowest BCUT2D eigenvalue weighted by Crippen LogP contribution is -2.44. The molecule has 1 aliphatic rings. The average molecular weight is 305 g/mol. The predicted octanol–water partition coefficient (Wildman–Crippen LogP) is 2.22. The second-order valence-corrected chi connectivity index (χ2v) is 6.47. The van der Waals surface area contributed by atoms with Crippen LogP contribution in [0.4, 0.5) is 0 Å². The lowest BCUT2D eigenvalue weighted by molar-refractivity contribution is 0.0923. The molecule has 1 N–H and O–H groups in total. The number of carbonyl (C=O) groups is 1. The van der Waals surface area contributed by atoms with Gasteiger partial charge in [0, 0.05) is 36.6 Å². The van der Waals surface area contributed by atoms with Gasteiger partial charge in [0.1, 0.15) is 5.76 Å². The number of rotatable bonds is 4. The van der Waals surface area contributed by atoms with Crippen molar-refractivity contribution < 1.29 is 9.32 Å². The summed E-state index contributed by atoms with van der Waals surface area (Å²) in [5.41, 5.74) is 1.77. The zero-order chi connectivity index (χ0) is 14.8. The van der Waals surface area contributed by atoms with Crippen LogP contribution in [0.25, 0.3) is 0 Å². The van der Waals surface area contributed by atoms with Gasteiger partial charge in [-0.15, -0.1) is 11.3 Å². The molecule has 2 aromatic heterocycles. The Kier molecular flexibility index (Phi) is 4.07. The highest BCUT2D eigenvalue weighted by molar-refractivity contribution is 7.10. The summed E-state index contributed by atoms with van der Waals surface area (Å²) in [6, 6.07) is 4.16. The molecule has 0 spiro atoms. The molecule has 0 fully saturated rings. The minimum atomic E-state index is -0.174. The summed E-state index contributed by atoms with van der Waals surface area (Å²) in [5, 5.41) is 8.82. The van der Waals surface area contributed by atoms with E-state index in [0.717, 1.165) is 19.5 Å². The van der Waals surface area contributed by atoms with E-state index in [1.54, 1.807) is 13.0 Å². The zero-order valence-corrected chi connectivity index (χ0v) is 13.1. The summed E-state index contributed by atoms with van der Waals surface area (Å²) < 4.78 is 4.92. The van der Waals surface area contributed by atoms with Crippen molar-refractivity contribution in [3.63, 3.8) is 0 Å². The maximum Gasteiger partial charge on any atom is 0.273 e. The summed E-state index contributed by atoms with van der Waals surface area (Å²) in [5.74, 6) is 0.473. The smallest absolute Gasteiger partial charge is 0.273 e. The quantitative estimate of drug-likeness (QED) is 0.941. The monoisotopic (exact) mass is 305 g/mol. The molecule has 1 aliphatic heterocycles. The van der Waals surface area contributed by atoms with Crippen molar-refractivity contribution in [2.75, 3.05) is 13.1 Å². The standard InChI is InChI=1S/C15H19N3O2S/c1-10(8-16-15(19)13-7-11(2)20-17-13)18-5-3-14-12(9-18)4-6-21-14/h4,6-7,10H,3,5,8-9H2,1-2H3,(H,16,19)/t10-/m1/s1. The van der Waals surface area contributed by atoms with Gasteiger partial charge in [-0.3, -0.25) is 9.69 Å². The molecule has 21 heavy (non-hydrogen) atoms. The van der Waals surface area contributed by atoms with Crippen molar-refractivity contribution >= 4 is 17.2 Å². The average Bonchev–Trinajstić information content (AvgIpc) is 3.12. The van der Waals surface area contributed by atoms with Crippen molar-refractivity contribution in [2.45, 2.75) is 32.9 Å². The van der Waals surface area contributed by atoms with Gasteiger partial charge in [-0.1, -0.05) is 5.16 Å². The minimum Gasteiger partial charge on any atom is -0.361 e. The van der Waals surface area contributed by atoms with Crippen LogP contribution in [0.15, 0.2) is 22.0 Å². The van der Waals surface area contributed by atoms with Crippen molar-refractivity contribution in [3.8, 4) is 0 Å². The number of carbonyl (C=O) groups excluding carboxylic acids is 1. The number of hydrogen-bond acceptors (Lipinski definition) is 5. The second kappa shape index (κ2) is 5.99. The second-order valence-electron chi connectivity index (χ2n) is 5.47. The number of aromatic nitrogens is 1. The number of amides is 1. The van der Waals surface area contributed by atoms with E-state index in [2.05, 4.69) is 33.7 Å². The largest absolute Gasteiger partial charge is 0.361 e. The Labute approximate surface area is 127 Å². The lowest BCUT2D eigenvalue weighted by atomic mass is 10.1. The van der Waals surface area contributed by atoms with Gasteiger partial charge in [-0.2, -0.15) is 0 Å². The number of hydrogen-bond donors (Lipinski definition) is 1. The van der Waals surface area contributed by atoms with Crippen LogP contribution in [0.3, 0.4) is 0 Å². The number of fused-ring (bicyclic) bond motifs is 1. The maximum absolute atomic E-state index is 12.0. The van der Waals surface area contributed by atoms with Gasteiger partial charge in [0.05, 0.1) is 0 Å². The summed E-state index contributed by atoms with van der Waals surface area (Å²) in [6.45, 7) is 6.56. The van der Waals surface area contributed by atoms with Crippen molar-refractivity contribution in [2.24, 2.45) is 0 Å². The molecule has 0 unspecified atom stereocenters. The van der Waals surface area contributed by atoms with Gasteiger partial charge in [0.25, 0.3) is 5.91 Å². The van der Waals surface area contributed by atoms with E-state index < -0.39 is 0 Å². The van der Waals surface area contributed by atoms with Crippen LogP contribution in [-0.4, -0.2) is 35.1 Å². The first-order chi connectivity index (χ1) is 10.1. The fraction of sp³-hybridized carbons (Fsp3) is 0.467. The number of nitrogens with zero attached hydrogens (tertiary/aromatic N) is 2. The third kappa shape index (κ3) is 3.16. The first-order valence-corrected chi connectivity index (χ1v) is 8.02. The van der Waals surface area contributed by atoms with E-state index in [4.69, 9.17) is 4.52 Å². The Morgan fingerprint density at radius 3 is 3.24 bits per heavy atom.